The highest BCUT2D eigenvalue weighted by Gasteiger charge is 2.31. The Morgan fingerprint density at radius 1 is 1.26 bits per heavy atom. The zero-order chi connectivity index (χ0) is 19.2. The highest BCUT2D eigenvalue weighted by atomic mass is 19.3. The fourth-order valence-electron chi connectivity index (χ4n) is 3.37. The molecule has 1 aliphatic rings. The molecular formula is C19H16F2N4O2. The molecule has 1 fully saturated rings. The number of nitriles is 1. The molecule has 0 amide bonds. The number of alkyl halides is 2. The molecule has 0 radical (unpaired) electrons. The molecule has 2 aromatic heterocycles. The van der Waals surface area contributed by atoms with Crippen LogP contribution in [0.4, 0.5) is 8.78 Å². The van der Waals surface area contributed by atoms with Gasteiger partial charge in [-0.3, -0.25) is 0 Å². The van der Waals surface area contributed by atoms with Gasteiger partial charge in [-0.2, -0.15) is 19.1 Å². The van der Waals surface area contributed by atoms with Gasteiger partial charge >= 0.3 is 6.11 Å². The first-order valence-corrected chi connectivity index (χ1v) is 8.49. The lowest BCUT2D eigenvalue weighted by molar-refractivity contribution is -0.158. The molecule has 0 unspecified atom stereocenters. The predicted octanol–water partition coefficient (Wildman–Crippen LogP) is 3.52. The van der Waals surface area contributed by atoms with Crippen LogP contribution in [-0.4, -0.2) is 32.1 Å². The zero-order valence-corrected chi connectivity index (χ0v) is 14.4. The van der Waals surface area contributed by atoms with Crippen molar-refractivity contribution in [2.45, 2.75) is 37.9 Å². The van der Waals surface area contributed by atoms with Crippen molar-refractivity contribution in [1.82, 2.24) is 14.8 Å². The van der Waals surface area contributed by atoms with Crippen molar-refractivity contribution in [2.75, 3.05) is 0 Å². The smallest absolute Gasteiger partial charge is 0.394 e. The molecule has 6 nitrogen and oxygen atoms in total. The molecular weight excluding hydrogens is 354 g/mol. The second-order valence-corrected chi connectivity index (χ2v) is 6.70. The summed E-state index contributed by atoms with van der Waals surface area (Å²) >= 11 is 0. The number of ether oxygens (including phenoxy) is 1. The highest BCUT2D eigenvalue weighted by Crippen LogP contribution is 2.40. The summed E-state index contributed by atoms with van der Waals surface area (Å²) in [5.41, 5.74) is 2.28. The molecule has 2 heterocycles. The van der Waals surface area contributed by atoms with E-state index in [1.54, 1.807) is 18.3 Å². The molecule has 0 atom stereocenters. The van der Waals surface area contributed by atoms with E-state index in [0.717, 1.165) is 5.56 Å². The predicted molar refractivity (Wildman–Crippen MR) is 92.8 cm³/mol. The number of aliphatic hydroxyl groups excluding tert-OH is 1. The zero-order valence-electron chi connectivity index (χ0n) is 14.4. The first-order chi connectivity index (χ1) is 12.9. The molecule has 3 aromatic rings. The van der Waals surface area contributed by atoms with E-state index in [1.165, 1.54) is 16.8 Å². The molecule has 1 aliphatic carbocycles. The van der Waals surface area contributed by atoms with Gasteiger partial charge < -0.3 is 9.84 Å². The Morgan fingerprint density at radius 3 is 2.56 bits per heavy atom. The minimum absolute atomic E-state index is 0.0281. The average molecular weight is 370 g/mol. The molecule has 27 heavy (non-hydrogen) atoms. The lowest BCUT2D eigenvalue weighted by Gasteiger charge is -2.32. The van der Waals surface area contributed by atoms with E-state index in [0.29, 0.717) is 36.5 Å². The maximum atomic E-state index is 13.0. The van der Waals surface area contributed by atoms with E-state index >= 15 is 0 Å². The first-order valence-electron chi connectivity index (χ1n) is 8.49. The van der Waals surface area contributed by atoms with Gasteiger partial charge in [-0.25, -0.2) is 9.67 Å². The molecule has 0 saturated heterocycles. The number of rotatable bonds is 4. The van der Waals surface area contributed by atoms with Crippen molar-refractivity contribution < 1.29 is 18.6 Å². The van der Waals surface area contributed by atoms with E-state index in [2.05, 4.69) is 20.9 Å². The molecule has 1 N–H and O–H groups in total. The largest absolute Gasteiger partial charge is 0.433 e. The van der Waals surface area contributed by atoms with Gasteiger partial charge in [0.1, 0.15) is 11.8 Å². The second kappa shape index (κ2) is 6.28. The summed E-state index contributed by atoms with van der Waals surface area (Å²) in [5, 5.41) is 24.1. The third kappa shape index (κ3) is 3.22. The SMILES string of the molecule is CC(F)(F)Oc1ccc(-n2nc(C#N)c3c2nccc3[C@H]2C[C@H](O)C2)cc1. The van der Waals surface area contributed by atoms with Crippen LogP contribution >= 0.6 is 0 Å². The minimum Gasteiger partial charge on any atom is -0.433 e. The number of hydrogen-bond donors (Lipinski definition) is 1. The Morgan fingerprint density at radius 2 is 1.96 bits per heavy atom. The van der Waals surface area contributed by atoms with Crippen LogP contribution in [0, 0.1) is 11.3 Å². The van der Waals surface area contributed by atoms with E-state index in [1.807, 2.05) is 6.07 Å². The standard InChI is InChI=1S/C19H16F2N4O2/c1-19(20,21)27-14-4-2-12(3-5-14)25-18-17(16(10-22)24-25)15(6-7-23-18)11-8-13(26)9-11/h2-7,11,13,26H,8-9H2,1H3/t11-,13-. The van der Waals surface area contributed by atoms with Crippen LogP contribution in [0.15, 0.2) is 36.5 Å². The number of hydrogen-bond acceptors (Lipinski definition) is 5. The van der Waals surface area contributed by atoms with E-state index in [-0.39, 0.29) is 23.5 Å². The quantitative estimate of drug-likeness (QED) is 0.760. The van der Waals surface area contributed by atoms with Gasteiger partial charge in [0.05, 0.1) is 17.2 Å². The van der Waals surface area contributed by atoms with Crippen molar-refractivity contribution in [3.05, 3.63) is 47.8 Å². The van der Waals surface area contributed by atoms with E-state index in [4.69, 9.17) is 0 Å². The number of nitrogens with zero attached hydrogens (tertiary/aromatic N) is 4. The van der Waals surface area contributed by atoms with Crippen molar-refractivity contribution in [2.24, 2.45) is 0 Å². The van der Waals surface area contributed by atoms with E-state index < -0.39 is 6.11 Å². The molecule has 0 aliphatic heterocycles. The molecule has 0 bridgehead atoms. The third-order valence-electron chi connectivity index (χ3n) is 4.64. The molecule has 8 heteroatoms. The van der Waals surface area contributed by atoms with Gasteiger partial charge in [0.2, 0.25) is 0 Å². The first kappa shape index (κ1) is 17.4. The second-order valence-electron chi connectivity index (χ2n) is 6.70. The van der Waals surface area contributed by atoms with Gasteiger partial charge in [0.15, 0.2) is 11.3 Å². The van der Waals surface area contributed by atoms with Gasteiger partial charge in [-0.1, -0.05) is 0 Å². The number of aromatic nitrogens is 3. The lowest BCUT2D eigenvalue weighted by atomic mass is 9.77. The number of halogens is 2. The minimum atomic E-state index is -3.27. The lowest BCUT2D eigenvalue weighted by Crippen LogP contribution is -2.26. The Hall–Kier alpha value is -3.05. The molecule has 138 valence electrons. The van der Waals surface area contributed by atoms with Crippen molar-refractivity contribution >= 4 is 11.0 Å². The Kier molecular flexibility index (Phi) is 4.04. The fraction of sp³-hybridized carbons (Fsp3) is 0.316. The summed E-state index contributed by atoms with van der Waals surface area (Å²) < 4.78 is 32.0. The van der Waals surface area contributed by atoms with Crippen LogP contribution in [0.25, 0.3) is 16.7 Å². The number of aliphatic hydroxyl groups is 1. The van der Waals surface area contributed by atoms with Crippen LogP contribution in [0.1, 0.15) is 36.9 Å². The van der Waals surface area contributed by atoms with Gasteiger partial charge in [0.25, 0.3) is 0 Å². The third-order valence-corrected chi connectivity index (χ3v) is 4.64. The summed E-state index contributed by atoms with van der Waals surface area (Å²) in [6, 6.07) is 9.94. The summed E-state index contributed by atoms with van der Waals surface area (Å²) in [5.74, 6) is 0.193. The van der Waals surface area contributed by atoms with Gasteiger partial charge in [-0.15, -0.1) is 0 Å². The highest BCUT2D eigenvalue weighted by molar-refractivity contribution is 5.86. The Labute approximate surface area is 153 Å². The van der Waals surface area contributed by atoms with Crippen molar-refractivity contribution in [1.29, 1.82) is 5.26 Å². The van der Waals surface area contributed by atoms with Gasteiger partial charge in [-0.05, 0) is 54.7 Å². The Balaban J connectivity index is 1.77. The summed E-state index contributed by atoms with van der Waals surface area (Å²) in [6.45, 7) is 0.671. The maximum absolute atomic E-state index is 13.0. The van der Waals surface area contributed by atoms with Crippen LogP contribution in [-0.2, 0) is 0 Å². The molecule has 1 saturated carbocycles. The summed E-state index contributed by atoms with van der Waals surface area (Å²) in [6.07, 6.45) is -0.643. The fourth-order valence-corrected chi connectivity index (χ4v) is 3.37. The molecule has 0 spiro atoms. The van der Waals surface area contributed by atoms with Gasteiger partial charge in [0, 0.05) is 13.1 Å². The summed E-state index contributed by atoms with van der Waals surface area (Å²) in [7, 11) is 0. The van der Waals surface area contributed by atoms with E-state index in [9.17, 15) is 19.1 Å². The monoisotopic (exact) mass is 370 g/mol. The summed E-state index contributed by atoms with van der Waals surface area (Å²) in [4.78, 5) is 4.36. The topological polar surface area (TPSA) is 84.0 Å². The normalized spacial score (nSPS) is 19.5. The van der Waals surface area contributed by atoms with Crippen LogP contribution in [0.3, 0.4) is 0 Å². The van der Waals surface area contributed by atoms with Crippen LogP contribution < -0.4 is 4.74 Å². The van der Waals surface area contributed by atoms with Crippen LogP contribution in [0.2, 0.25) is 0 Å². The number of fused-ring (bicyclic) bond motifs is 1. The number of pyridine rings is 1. The average Bonchev–Trinajstić information content (AvgIpc) is 2.97. The Bertz CT molecular complexity index is 1030. The number of benzene rings is 1. The van der Waals surface area contributed by atoms with Crippen molar-refractivity contribution in [3.8, 4) is 17.5 Å². The molecule has 4 rings (SSSR count). The van der Waals surface area contributed by atoms with Crippen LogP contribution in [0.5, 0.6) is 5.75 Å². The maximum Gasteiger partial charge on any atom is 0.394 e. The van der Waals surface area contributed by atoms with Crippen molar-refractivity contribution in [3.63, 3.8) is 0 Å². The molecule has 1 aromatic carbocycles.